The van der Waals surface area contributed by atoms with Crippen molar-refractivity contribution >= 4 is 32.4 Å². The fourth-order valence-electron chi connectivity index (χ4n) is 2.73. The summed E-state index contributed by atoms with van der Waals surface area (Å²) in [5, 5.41) is 9.01. The maximum absolute atomic E-state index is 11.4. The Balaban J connectivity index is 0.000000194. The summed E-state index contributed by atoms with van der Waals surface area (Å²) in [7, 11) is -1.06. The number of fused-ring (bicyclic) bond motifs is 1. The van der Waals surface area contributed by atoms with E-state index in [9.17, 15) is 13.2 Å². The Labute approximate surface area is 160 Å². The van der Waals surface area contributed by atoms with Crippen LogP contribution in [0.15, 0.2) is 47.4 Å². The molecule has 146 valence electrons. The summed E-state index contributed by atoms with van der Waals surface area (Å²) in [4.78, 5) is 15.7. The molecule has 0 unspecified atom stereocenters. The number of piperazine rings is 1. The van der Waals surface area contributed by atoms with Crippen molar-refractivity contribution in [2.45, 2.75) is 11.3 Å². The molecular formula is C19H26N4O3S. The molecule has 0 saturated carbocycles. The summed E-state index contributed by atoms with van der Waals surface area (Å²) >= 11 is 0. The highest BCUT2D eigenvalue weighted by Gasteiger charge is 2.18. The number of amides is 1. The number of benzene rings is 2. The molecule has 0 radical (unpaired) electrons. The van der Waals surface area contributed by atoms with Gasteiger partial charge in [-0.2, -0.15) is 0 Å². The minimum absolute atomic E-state index is 0.0272. The molecule has 2 aromatic carbocycles. The Morgan fingerprint density at radius 1 is 1.07 bits per heavy atom. The lowest BCUT2D eigenvalue weighted by Crippen LogP contribution is -2.47. The van der Waals surface area contributed by atoms with E-state index in [0.717, 1.165) is 37.0 Å². The van der Waals surface area contributed by atoms with Crippen LogP contribution in [-0.4, -0.2) is 69.4 Å². The van der Waals surface area contributed by atoms with Gasteiger partial charge in [-0.1, -0.05) is 30.3 Å². The van der Waals surface area contributed by atoms with Crippen molar-refractivity contribution in [1.29, 1.82) is 5.41 Å². The van der Waals surface area contributed by atoms with E-state index in [4.69, 9.17) is 11.1 Å². The van der Waals surface area contributed by atoms with Crippen LogP contribution in [0.4, 0.5) is 0 Å². The molecular weight excluding hydrogens is 364 g/mol. The van der Waals surface area contributed by atoms with Gasteiger partial charge in [0.15, 0.2) is 9.84 Å². The first-order valence-corrected chi connectivity index (χ1v) is 10.5. The molecule has 3 rings (SSSR count). The van der Waals surface area contributed by atoms with Crippen LogP contribution < -0.4 is 5.73 Å². The second-order valence-corrected chi connectivity index (χ2v) is 8.68. The van der Waals surface area contributed by atoms with E-state index in [-0.39, 0.29) is 18.2 Å². The molecule has 1 heterocycles. The Kier molecular flexibility index (Phi) is 6.92. The standard InChI is InChI=1S/C11H10O2S.C8H16N4O/c1-14(12,13)11-7-6-9-4-2-3-5-10(9)8-11;1-11-2-4-12(5-3-11)8(13)6-7(9)10/h2-8H,1H3;2-6H2,1H3,(H3,9,10). The van der Waals surface area contributed by atoms with Crippen molar-refractivity contribution in [3.63, 3.8) is 0 Å². The Bertz CT molecular complexity index is 919. The molecule has 1 amide bonds. The van der Waals surface area contributed by atoms with Gasteiger partial charge in [0.2, 0.25) is 5.91 Å². The summed E-state index contributed by atoms with van der Waals surface area (Å²) in [6.45, 7) is 3.32. The SMILES string of the molecule is CN1CCN(C(=O)CC(=N)N)CC1.CS(=O)(=O)c1ccc2ccccc2c1. The summed E-state index contributed by atoms with van der Waals surface area (Å²) in [5.41, 5.74) is 5.15. The molecule has 1 fully saturated rings. The van der Waals surface area contributed by atoms with Gasteiger partial charge in [0, 0.05) is 32.4 Å². The number of carbonyl (C=O) groups is 1. The first kappa shape index (κ1) is 20.9. The molecule has 3 N–H and O–H groups in total. The number of likely N-dealkylation sites (N-methyl/N-ethyl adjacent to an activating group) is 1. The molecule has 7 nitrogen and oxygen atoms in total. The van der Waals surface area contributed by atoms with E-state index < -0.39 is 9.84 Å². The summed E-state index contributed by atoms with van der Waals surface area (Å²) < 4.78 is 22.6. The smallest absolute Gasteiger partial charge is 0.230 e. The number of amidine groups is 1. The topological polar surface area (TPSA) is 108 Å². The lowest BCUT2D eigenvalue weighted by Gasteiger charge is -2.32. The van der Waals surface area contributed by atoms with Crippen LogP contribution in [0.25, 0.3) is 10.8 Å². The van der Waals surface area contributed by atoms with Gasteiger partial charge in [0.25, 0.3) is 0 Å². The van der Waals surface area contributed by atoms with Crippen LogP contribution in [0.5, 0.6) is 0 Å². The van der Waals surface area contributed by atoms with Gasteiger partial charge in [-0.3, -0.25) is 10.2 Å². The van der Waals surface area contributed by atoms with Crippen molar-refractivity contribution in [2.24, 2.45) is 5.73 Å². The highest BCUT2D eigenvalue weighted by atomic mass is 32.2. The maximum Gasteiger partial charge on any atom is 0.230 e. The molecule has 1 saturated heterocycles. The molecule has 27 heavy (non-hydrogen) atoms. The average Bonchev–Trinajstić information content (AvgIpc) is 2.61. The van der Waals surface area contributed by atoms with Gasteiger partial charge >= 0.3 is 0 Å². The van der Waals surface area contributed by atoms with Gasteiger partial charge < -0.3 is 15.5 Å². The van der Waals surface area contributed by atoms with Crippen LogP contribution in [0.1, 0.15) is 6.42 Å². The summed E-state index contributed by atoms with van der Waals surface area (Å²) in [5.74, 6) is -0.0791. The van der Waals surface area contributed by atoms with Crippen molar-refractivity contribution in [3.05, 3.63) is 42.5 Å². The van der Waals surface area contributed by atoms with E-state index >= 15 is 0 Å². The number of nitrogens with two attached hydrogens (primary N) is 1. The van der Waals surface area contributed by atoms with Gasteiger partial charge in [0.05, 0.1) is 17.2 Å². The molecule has 0 aromatic heterocycles. The summed E-state index contributed by atoms with van der Waals surface area (Å²) in [6.07, 6.45) is 1.28. The van der Waals surface area contributed by atoms with E-state index in [0.29, 0.717) is 4.90 Å². The Hall–Kier alpha value is -2.45. The molecule has 1 aliphatic heterocycles. The number of rotatable bonds is 3. The number of nitrogens with zero attached hydrogens (tertiary/aromatic N) is 2. The van der Waals surface area contributed by atoms with Crippen molar-refractivity contribution < 1.29 is 13.2 Å². The Morgan fingerprint density at radius 2 is 1.67 bits per heavy atom. The zero-order chi connectivity index (χ0) is 20.0. The van der Waals surface area contributed by atoms with E-state index in [2.05, 4.69) is 4.90 Å². The first-order valence-electron chi connectivity index (χ1n) is 8.65. The van der Waals surface area contributed by atoms with Crippen LogP contribution in [0.3, 0.4) is 0 Å². The van der Waals surface area contributed by atoms with Crippen molar-refractivity contribution in [2.75, 3.05) is 39.5 Å². The van der Waals surface area contributed by atoms with Gasteiger partial charge in [-0.25, -0.2) is 8.42 Å². The monoisotopic (exact) mass is 390 g/mol. The van der Waals surface area contributed by atoms with Crippen molar-refractivity contribution in [3.8, 4) is 0 Å². The zero-order valence-electron chi connectivity index (χ0n) is 15.7. The van der Waals surface area contributed by atoms with Crippen LogP contribution in [0, 0.1) is 5.41 Å². The molecule has 1 aliphatic rings. The van der Waals surface area contributed by atoms with Gasteiger partial charge in [-0.05, 0) is 30.0 Å². The van der Waals surface area contributed by atoms with Gasteiger partial charge in [-0.15, -0.1) is 0 Å². The lowest BCUT2D eigenvalue weighted by molar-refractivity contribution is -0.131. The van der Waals surface area contributed by atoms with E-state index in [1.54, 1.807) is 17.0 Å². The van der Waals surface area contributed by atoms with E-state index in [1.165, 1.54) is 6.26 Å². The minimum Gasteiger partial charge on any atom is -0.387 e. The predicted molar refractivity (Wildman–Crippen MR) is 108 cm³/mol. The zero-order valence-corrected chi connectivity index (χ0v) is 16.5. The Morgan fingerprint density at radius 3 is 2.22 bits per heavy atom. The number of hydrogen-bond acceptors (Lipinski definition) is 5. The third-order valence-corrected chi connectivity index (χ3v) is 5.46. The number of carbonyl (C=O) groups excluding carboxylic acids is 1. The van der Waals surface area contributed by atoms with Crippen LogP contribution in [-0.2, 0) is 14.6 Å². The van der Waals surface area contributed by atoms with Gasteiger partial charge in [0.1, 0.15) is 0 Å². The highest BCUT2D eigenvalue weighted by Crippen LogP contribution is 2.18. The molecule has 8 heteroatoms. The molecule has 2 aromatic rings. The first-order chi connectivity index (χ1) is 12.7. The number of nitrogens with one attached hydrogen (secondary N) is 1. The maximum atomic E-state index is 11.4. The minimum atomic E-state index is -3.09. The van der Waals surface area contributed by atoms with E-state index in [1.807, 2.05) is 37.4 Å². The third kappa shape index (κ3) is 6.33. The lowest BCUT2D eigenvalue weighted by atomic mass is 10.1. The fourth-order valence-corrected chi connectivity index (χ4v) is 3.38. The second kappa shape index (κ2) is 8.96. The highest BCUT2D eigenvalue weighted by molar-refractivity contribution is 7.90. The predicted octanol–water partition coefficient (Wildman–Crippen LogP) is 1.33. The van der Waals surface area contributed by atoms with Crippen LogP contribution in [0.2, 0.25) is 0 Å². The normalized spacial score (nSPS) is 15.1. The molecule has 0 spiro atoms. The second-order valence-electron chi connectivity index (χ2n) is 6.67. The quantitative estimate of drug-likeness (QED) is 0.607. The largest absolute Gasteiger partial charge is 0.387 e. The average molecular weight is 391 g/mol. The molecule has 0 atom stereocenters. The van der Waals surface area contributed by atoms with Crippen molar-refractivity contribution in [1.82, 2.24) is 9.80 Å². The number of hydrogen-bond donors (Lipinski definition) is 2. The molecule has 0 aliphatic carbocycles. The molecule has 0 bridgehead atoms. The number of sulfone groups is 1. The summed E-state index contributed by atoms with van der Waals surface area (Å²) in [6, 6.07) is 12.9. The van der Waals surface area contributed by atoms with Crippen LogP contribution >= 0.6 is 0 Å². The fraction of sp³-hybridized carbons (Fsp3) is 0.368. The third-order valence-electron chi connectivity index (χ3n) is 4.35.